The van der Waals surface area contributed by atoms with Gasteiger partial charge < -0.3 is 9.13 Å². The van der Waals surface area contributed by atoms with Crippen LogP contribution in [0.15, 0.2) is 12.4 Å². The second-order valence-electron chi connectivity index (χ2n) is 7.35. The van der Waals surface area contributed by atoms with Gasteiger partial charge in [-0.2, -0.15) is 0 Å². The average molecular weight is 329 g/mol. The maximum absolute atomic E-state index is 4.44. The number of likely N-dealkylation sites (N-methyl/N-ethyl adjacent to an activating group) is 1. The van der Waals surface area contributed by atoms with Crippen LogP contribution in [-0.4, -0.2) is 60.3 Å². The maximum Gasteiger partial charge on any atom is 0.146 e. The molecule has 0 radical (unpaired) electrons. The molecule has 0 bridgehead atoms. The van der Waals surface area contributed by atoms with E-state index in [9.17, 15) is 0 Å². The van der Waals surface area contributed by atoms with E-state index in [1.807, 2.05) is 12.4 Å². The third kappa shape index (κ3) is 3.10. The zero-order valence-electron chi connectivity index (χ0n) is 14.9. The minimum atomic E-state index is 0.575. The third-order valence-electron chi connectivity index (χ3n) is 5.49. The van der Waals surface area contributed by atoms with Gasteiger partial charge in [-0.1, -0.05) is 0 Å². The molecule has 2 aromatic heterocycles. The molecule has 7 nitrogen and oxygen atoms in total. The lowest BCUT2D eigenvalue weighted by Crippen LogP contribution is -2.35. The molecule has 1 saturated heterocycles. The van der Waals surface area contributed by atoms with E-state index in [2.05, 4.69) is 55.3 Å². The smallest absolute Gasteiger partial charge is 0.146 e. The van der Waals surface area contributed by atoms with Crippen molar-refractivity contribution in [2.45, 2.75) is 44.3 Å². The molecule has 1 atom stereocenters. The van der Waals surface area contributed by atoms with Gasteiger partial charge in [0.1, 0.15) is 17.5 Å². The molecule has 0 spiro atoms. The van der Waals surface area contributed by atoms with Crippen LogP contribution in [0, 0.1) is 0 Å². The van der Waals surface area contributed by atoms with Crippen molar-refractivity contribution in [2.24, 2.45) is 14.1 Å². The summed E-state index contributed by atoms with van der Waals surface area (Å²) in [5.41, 5.74) is 0. The van der Waals surface area contributed by atoms with Crippen LogP contribution in [0.4, 0.5) is 0 Å². The molecule has 1 saturated carbocycles. The van der Waals surface area contributed by atoms with E-state index in [-0.39, 0.29) is 0 Å². The lowest BCUT2D eigenvalue weighted by atomic mass is 10.2. The van der Waals surface area contributed by atoms with Crippen LogP contribution in [0.1, 0.15) is 42.7 Å². The quantitative estimate of drug-likeness (QED) is 0.795. The first kappa shape index (κ1) is 15.8. The highest BCUT2D eigenvalue weighted by Gasteiger charge is 2.31. The molecular formula is C17H27N7. The summed E-state index contributed by atoms with van der Waals surface area (Å²) in [6, 6.07) is 0.575. The second kappa shape index (κ2) is 6.29. The predicted octanol–water partition coefficient (Wildman–Crippen LogP) is 1.13. The van der Waals surface area contributed by atoms with Crippen LogP contribution in [0.25, 0.3) is 0 Å². The molecule has 1 aliphatic heterocycles. The molecule has 2 aromatic rings. The molecule has 1 aliphatic carbocycles. The van der Waals surface area contributed by atoms with E-state index in [0.717, 1.165) is 37.8 Å². The van der Waals surface area contributed by atoms with Crippen LogP contribution >= 0.6 is 0 Å². The van der Waals surface area contributed by atoms with Gasteiger partial charge in [0.25, 0.3) is 0 Å². The van der Waals surface area contributed by atoms with Crippen molar-refractivity contribution < 1.29 is 0 Å². The molecule has 0 unspecified atom stereocenters. The van der Waals surface area contributed by atoms with Crippen molar-refractivity contribution >= 4 is 0 Å². The highest BCUT2D eigenvalue weighted by molar-refractivity contribution is 5.08. The summed E-state index contributed by atoms with van der Waals surface area (Å²) in [6.07, 6.45) is 7.63. The third-order valence-corrected chi connectivity index (χ3v) is 5.49. The lowest BCUT2D eigenvalue weighted by Gasteiger charge is -2.24. The molecule has 2 aliphatic rings. The SMILES string of the molecule is CN(Cc1nnc(C2CC2)n1C)[C@@H]1CCN(Cc2nccn2C)C1. The van der Waals surface area contributed by atoms with E-state index in [4.69, 9.17) is 0 Å². The maximum atomic E-state index is 4.44. The summed E-state index contributed by atoms with van der Waals surface area (Å²) in [5.74, 6) is 4.05. The highest BCUT2D eigenvalue weighted by Crippen LogP contribution is 2.38. The number of aromatic nitrogens is 5. The van der Waals surface area contributed by atoms with Crippen LogP contribution in [0.3, 0.4) is 0 Å². The van der Waals surface area contributed by atoms with Gasteiger partial charge in [-0.05, 0) is 26.3 Å². The van der Waals surface area contributed by atoms with E-state index in [1.165, 1.54) is 25.1 Å². The van der Waals surface area contributed by atoms with Crippen LogP contribution in [-0.2, 0) is 27.2 Å². The van der Waals surface area contributed by atoms with Crippen molar-refractivity contribution in [3.63, 3.8) is 0 Å². The number of hydrogen-bond acceptors (Lipinski definition) is 5. The fraction of sp³-hybridized carbons (Fsp3) is 0.706. The van der Waals surface area contributed by atoms with E-state index in [1.54, 1.807) is 0 Å². The predicted molar refractivity (Wildman–Crippen MR) is 91.3 cm³/mol. The van der Waals surface area contributed by atoms with Crippen molar-refractivity contribution in [1.29, 1.82) is 0 Å². The summed E-state index contributed by atoms with van der Waals surface area (Å²) in [6.45, 7) is 4.03. The summed E-state index contributed by atoms with van der Waals surface area (Å²) in [7, 11) is 6.38. The summed E-state index contributed by atoms with van der Waals surface area (Å²) >= 11 is 0. The topological polar surface area (TPSA) is 55.0 Å². The summed E-state index contributed by atoms with van der Waals surface area (Å²) < 4.78 is 4.31. The Labute approximate surface area is 143 Å². The summed E-state index contributed by atoms with van der Waals surface area (Å²) in [5, 5.41) is 8.82. The number of aryl methyl sites for hydroxylation is 1. The highest BCUT2D eigenvalue weighted by atomic mass is 15.3. The molecule has 2 fully saturated rings. The minimum Gasteiger partial charge on any atom is -0.337 e. The normalized spacial score (nSPS) is 21.9. The minimum absolute atomic E-state index is 0.575. The Kier molecular flexibility index (Phi) is 4.14. The van der Waals surface area contributed by atoms with Crippen LogP contribution in [0.2, 0.25) is 0 Å². The monoisotopic (exact) mass is 329 g/mol. The van der Waals surface area contributed by atoms with E-state index < -0.39 is 0 Å². The summed E-state index contributed by atoms with van der Waals surface area (Å²) in [4.78, 5) is 9.37. The average Bonchev–Trinajstić information content (AvgIpc) is 2.97. The molecule has 4 rings (SSSR count). The second-order valence-corrected chi connectivity index (χ2v) is 7.35. The Morgan fingerprint density at radius 2 is 2.00 bits per heavy atom. The van der Waals surface area contributed by atoms with E-state index in [0.29, 0.717) is 12.0 Å². The standard InChI is InChI=1S/C17H27N7/c1-21-9-7-18-15(21)12-24-8-6-14(10-24)22(2)11-16-19-20-17(23(16)3)13-4-5-13/h7,9,13-14H,4-6,8,10-12H2,1-3H3/t14-/m1/s1. The van der Waals surface area contributed by atoms with Gasteiger partial charge in [0.2, 0.25) is 0 Å². The Hall–Kier alpha value is -1.73. The molecule has 0 N–H and O–H groups in total. The number of rotatable bonds is 6. The molecule has 0 amide bonds. The fourth-order valence-electron chi connectivity index (χ4n) is 3.63. The van der Waals surface area contributed by atoms with Crippen LogP contribution < -0.4 is 0 Å². The molecule has 7 heteroatoms. The van der Waals surface area contributed by atoms with E-state index >= 15 is 0 Å². The van der Waals surface area contributed by atoms with Crippen molar-refractivity contribution in [3.8, 4) is 0 Å². The van der Waals surface area contributed by atoms with Gasteiger partial charge in [-0.25, -0.2) is 4.98 Å². The number of imidazole rings is 1. The first-order chi connectivity index (χ1) is 11.6. The van der Waals surface area contributed by atoms with Gasteiger partial charge >= 0.3 is 0 Å². The molecule has 24 heavy (non-hydrogen) atoms. The Morgan fingerprint density at radius 1 is 1.17 bits per heavy atom. The number of nitrogens with zero attached hydrogens (tertiary/aromatic N) is 7. The van der Waals surface area contributed by atoms with Gasteiger partial charge in [0, 0.05) is 51.5 Å². The lowest BCUT2D eigenvalue weighted by molar-refractivity contribution is 0.214. The van der Waals surface area contributed by atoms with Crippen LogP contribution in [0.5, 0.6) is 0 Å². The molecule has 0 aromatic carbocycles. The van der Waals surface area contributed by atoms with Crippen molar-refractivity contribution in [3.05, 3.63) is 29.9 Å². The number of likely N-dealkylation sites (tertiary alicyclic amines) is 1. The first-order valence-electron chi connectivity index (χ1n) is 8.88. The fourth-order valence-corrected chi connectivity index (χ4v) is 3.63. The Balaban J connectivity index is 1.34. The molecular weight excluding hydrogens is 302 g/mol. The van der Waals surface area contributed by atoms with Crippen molar-refractivity contribution in [1.82, 2.24) is 34.1 Å². The van der Waals surface area contributed by atoms with Crippen molar-refractivity contribution in [2.75, 3.05) is 20.1 Å². The van der Waals surface area contributed by atoms with Gasteiger partial charge in [0.15, 0.2) is 0 Å². The van der Waals surface area contributed by atoms with Gasteiger partial charge in [0.05, 0.1) is 13.1 Å². The zero-order valence-corrected chi connectivity index (χ0v) is 14.9. The Morgan fingerprint density at radius 3 is 2.71 bits per heavy atom. The largest absolute Gasteiger partial charge is 0.337 e. The number of hydrogen-bond donors (Lipinski definition) is 0. The zero-order chi connectivity index (χ0) is 16.7. The Bertz CT molecular complexity index is 700. The first-order valence-corrected chi connectivity index (χ1v) is 8.88. The molecule has 130 valence electrons. The van der Waals surface area contributed by atoms with Gasteiger partial charge in [-0.3, -0.25) is 9.80 Å². The van der Waals surface area contributed by atoms with Gasteiger partial charge in [-0.15, -0.1) is 10.2 Å². The molecule has 3 heterocycles.